The van der Waals surface area contributed by atoms with Crippen molar-refractivity contribution in [1.82, 2.24) is 4.31 Å². The molecule has 136 valence electrons. The number of rotatable bonds is 5. The van der Waals surface area contributed by atoms with E-state index in [4.69, 9.17) is 10.5 Å². The Hall–Kier alpha value is -1.15. The number of halogens is 1. The van der Waals surface area contributed by atoms with Crippen molar-refractivity contribution in [3.05, 3.63) is 29.8 Å². The predicted molar refractivity (Wildman–Crippen MR) is 94.8 cm³/mol. The Morgan fingerprint density at radius 2 is 1.83 bits per heavy atom. The second-order valence-corrected chi connectivity index (χ2v) is 7.78. The highest BCUT2D eigenvalue weighted by Crippen LogP contribution is 2.25. The van der Waals surface area contributed by atoms with E-state index >= 15 is 0 Å². The molecule has 0 amide bonds. The first kappa shape index (κ1) is 20.9. The lowest BCUT2D eigenvalue weighted by Gasteiger charge is -2.32. The zero-order valence-electron chi connectivity index (χ0n) is 14.0. The molecular weight excluding hydrogens is 352 g/mol. The minimum atomic E-state index is -3.53. The van der Waals surface area contributed by atoms with Gasteiger partial charge in [0.2, 0.25) is 10.0 Å². The Kier molecular flexibility index (Phi) is 7.66. The van der Waals surface area contributed by atoms with Crippen LogP contribution in [-0.2, 0) is 14.8 Å². The second kappa shape index (κ2) is 8.80. The smallest absolute Gasteiger partial charge is 0.338 e. The van der Waals surface area contributed by atoms with Crippen LogP contribution < -0.4 is 5.73 Å². The van der Waals surface area contributed by atoms with Crippen LogP contribution in [0.2, 0.25) is 0 Å². The maximum absolute atomic E-state index is 12.6. The van der Waals surface area contributed by atoms with Gasteiger partial charge in [0.1, 0.15) is 0 Å². The van der Waals surface area contributed by atoms with Gasteiger partial charge in [0.25, 0.3) is 0 Å². The van der Waals surface area contributed by atoms with E-state index in [0.717, 1.165) is 12.8 Å². The van der Waals surface area contributed by atoms with Gasteiger partial charge >= 0.3 is 5.97 Å². The summed E-state index contributed by atoms with van der Waals surface area (Å²) in [4.78, 5) is 11.8. The van der Waals surface area contributed by atoms with E-state index in [-0.39, 0.29) is 30.0 Å². The molecule has 0 radical (unpaired) electrons. The predicted octanol–water partition coefficient (Wildman–Crippen LogP) is 2.03. The number of carbonyl (C=O) groups excluding carboxylic acids is 1. The normalized spacial score (nSPS) is 17.8. The summed E-state index contributed by atoms with van der Waals surface area (Å²) in [6, 6.07) is 5.97. The lowest BCUT2D eigenvalue weighted by Crippen LogP contribution is -2.42. The molecular formula is C16H25ClN2O4S. The van der Waals surface area contributed by atoms with E-state index in [0.29, 0.717) is 24.6 Å². The summed E-state index contributed by atoms with van der Waals surface area (Å²) in [7, 11) is -3.53. The van der Waals surface area contributed by atoms with Crippen LogP contribution in [0.1, 0.15) is 37.0 Å². The quantitative estimate of drug-likeness (QED) is 0.794. The molecule has 1 unspecified atom stereocenters. The third-order valence-corrected chi connectivity index (χ3v) is 6.16. The molecule has 8 heteroatoms. The maximum Gasteiger partial charge on any atom is 0.338 e. The lowest BCUT2D eigenvalue weighted by atomic mass is 9.92. The summed E-state index contributed by atoms with van der Waals surface area (Å²) in [5.74, 6) is -0.0816. The maximum atomic E-state index is 12.6. The van der Waals surface area contributed by atoms with E-state index in [1.807, 2.05) is 6.92 Å². The Morgan fingerprint density at radius 3 is 2.29 bits per heavy atom. The molecule has 1 aromatic carbocycles. The highest BCUT2D eigenvalue weighted by atomic mass is 35.5. The molecule has 1 heterocycles. The number of sulfonamides is 1. The fourth-order valence-electron chi connectivity index (χ4n) is 2.77. The number of esters is 1. The molecule has 0 spiro atoms. The number of hydrogen-bond donors (Lipinski definition) is 1. The second-order valence-electron chi connectivity index (χ2n) is 5.85. The van der Waals surface area contributed by atoms with Crippen molar-refractivity contribution in [2.75, 3.05) is 19.7 Å². The minimum absolute atomic E-state index is 0. The fraction of sp³-hybridized carbons (Fsp3) is 0.562. The average molecular weight is 377 g/mol. The average Bonchev–Trinajstić information content (AvgIpc) is 2.55. The molecule has 0 aromatic heterocycles. The highest BCUT2D eigenvalue weighted by Gasteiger charge is 2.30. The summed E-state index contributed by atoms with van der Waals surface area (Å²) >= 11 is 0. The van der Waals surface area contributed by atoms with Gasteiger partial charge in [-0.1, -0.05) is 0 Å². The summed E-state index contributed by atoms with van der Waals surface area (Å²) in [5, 5.41) is 0. The van der Waals surface area contributed by atoms with Gasteiger partial charge in [-0.25, -0.2) is 13.2 Å². The van der Waals surface area contributed by atoms with Gasteiger partial charge in [0, 0.05) is 19.1 Å². The Bertz CT molecular complexity index is 639. The van der Waals surface area contributed by atoms with Gasteiger partial charge in [-0.15, -0.1) is 12.4 Å². The standard InChI is InChI=1S/C16H24N2O4S.ClH/c1-3-22-16(19)14-4-6-15(7-5-14)23(20,21)18-10-8-13(9-11-18)12(2)17;/h4-7,12-13H,3,8-11,17H2,1-2H3;1H. The molecule has 2 N–H and O–H groups in total. The summed E-state index contributed by atoms with van der Waals surface area (Å²) in [6.07, 6.45) is 1.55. The number of benzene rings is 1. The van der Waals surface area contributed by atoms with E-state index in [1.165, 1.54) is 28.6 Å². The van der Waals surface area contributed by atoms with Crippen molar-refractivity contribution in [2.45, 2.75) is 37.6 Å². The summed E-state index contributed by atoms with van der Waals surface area (Å²) in [5.41, 5.74) is 6.24. The third-order valence-electron chi connectivity index (χ3n) is 4.25. The van der Waals surface area contributed by atoms with Crippen LogP contribution >= 0.6 is 12.4 Å². The third kappa shape index (κ3) is 4.69. The van der Waals surface area contributed by atoms with Crippen LogP contribution in [0.25, 0.3) is 0 Å². The number of piperidine rings is 1. The van der Waals surface area contributed by atoms with Gasteiger partial charge in [0.15, 0.2) is 0 Å². The minimum Gasteiger partial charge on any atom is -0.462 e. The Labute approximate surface area is 149 Å². The van der Waals surface area contributed by atoms with Gasteiger partial charge in [-0.3, -0.25) is 0 Å². The zero-order chi connectivity index (χ0) is 17.0. The molecule has 6 nitrogen and oxygen atoms in total. The van der Waals surface area contributed by atoms with E-state index in [2.05, 4.69) is 0 Å². The van der Waals surface area contributed by atoms with Crippen LogP contribution in [-0.4, -0.2) is 44.4 Å². The van der Waals surface area contributed by atoms with Crippen LogP contribution in [0.15, 0.2) is 29.2 Å². The molecule has 1 aliphatic rings. The van der Waals surface area contributed by atoms with E-state index in [1.54, 1.807) is 6.92 Å². The van der Waals surface area contributed by atoms with Gasteiger partial charge < -0.3 is 10.5 Å². The Balaban J connectivity index is 0.00000288. The number of nitrogens with zero attached hydrogens (tertiary/aromatic N) is 1. The van der Waals surface area contributed by atoms with Crippen molar-refractivity contribution in [3.8, 4) is 0 Å². The first-order valence-electron chi connectivity index (χ1n) is 7.89. The van der Waals surface area contributed by atoms with Crippen molar-refractivity contribution < 1.29 is 17.9 Å². The number of nitrogens with two attached hydrogens (primary N) is 1. The van der Waals surface area contributed by atoms with Gasteiger partial charge in [-0.05, 0) is 56.9 Å². The fourth-order valence-corrected chi connectivity index (χ4v) is 4.24. The number of hydrogen-bond acceptors (Lipinski definition) is 5. The molecule has 0 bridgehead atoms. The van der Waals surface area contributed by atoms with Crippen LogP contribution in [0.5, 0.6) is 0 Å². The largest absolute Gasteiger partial charge is 0.462 e. The summed E-state index contributed by atoms with van der Waals surface area (Å²) in [6.45, 7) is 4.93. The number of carbonyl (C=O) groups is 1. The van der Waals surface area contributed by atoms with Crippen molar-refractivity contribution in [1.29, 1.82) is 0 Å². The molecule has 24 heavy (non-hydrogen) atoms. The van der Waals surface area contributed by atoms with Crippen molar-refractivity contribution in [2.24, 2.45) is 11.7 Å². The molecule has 0 saturated carbocycles. The first-order chi connectivity index (χ1) is 10.9. The van der Waals surface area contributed by atoms with Gasteiger partial charge in [-0.2, -0.15) is 4.31 Å². The molecule has 1 atom stereocenters. The topological polar surface area (TPSA) is 89.7 Å². The van der Waals surface area contributed by atoms with Crippen LogP contribution in [0, 0.1) is 5.92 Å². The molecule has 1 fully saturated rings. The van der Waals surface area contributed by atoms with E-state index in [9.17, 15) is 13.2 Å². The lowest BCUT2D eigenvalue weighted by molar-refractivity contribution is 0.0526. The first-order valence-corrected chi connectivity index (χ1v) is 9.33. The molecule has 2 rings (SSSR count). The molecule has 0 aliphatic carbocycles. The molecule has 1 aromatic rings. The van der Waals surface area contributed by atoms with Crippen molar-refractivity contribution >= 4 is 28.4 Å². The monoisotopic (exact) mass is 376 g/mol. The molecule has 1 saturated heterocycles. The Morgan fingerprint density at radius 1 is 1.29 bits per heavy atom. The SMILES string of the molecule is CCOC(=O)c1ccc(S(=O)(=O)N2CCC(C(C)N)CC2)cc1.Cl. The zero-order valence-corrected chi connectivity index (χ0v) is 15.6. The molecule has 1 aliphatic heterocycles. The van der Waals surface area contributed by atoms with E-state index < -0.39 is 16.0 Å². The number of ether oxygens (including phenoxy) is 1. The summed E-state index contributed by atoms with van der Waals surface area (Å²) < 4.78 is 31.7. The highest BCUT2D eigenvalue weighted by molar-refractivity contribution is 7.89. The van der Waals surface area contributed by atoms with Crippen LogP contribution in [0.4, 0.5) is 0 Å². The van der Waals surface area contributed by atoms with Gasteiger partial charge in [0.05, 0.1) is 17.1 Å². The van der Waals surface area contributed by atoms with Crippen LogP contribution in [0.3, 0.4) is 0 Å². The van der Waals surface area contributed by atoms with Crippen molar-refractivity contribution in [3.63, 3.8) is 0 Å².